The fraction of sp³-hybridized carbons (Fsp3) is 0.364. The number of carbonyl (C=O) groups excluding carboxylic acids is 1. The molecule has 0 bridgehead atoms. The smallest absolute Gasteiger partial charge is 0.253 e. The van der Waals surface area contributed by atoms with Crippen molar-refractivity contribution in [3.63, 3.8) is 0 Å². The molecular weight excluding hydrogens is 439 g/mol. The van der Waals surface area contributed by atoms with Crippen molar-refractivity contribution >= 4 is 48.1 Å². The number of pyridine rings is 1. The summed E-state index contributed by atoms with van der Waals surface area (Å²) >= 11 is 1.72. The van der Waals surface area contributed by atoms with Gasteiger partial charge < -0.3 is 15.0 Å². The number of halogens is 2. The van der Waals surface area contributed by atoms with Crippen LogP contribution in [-0.4, -0.2) is 39.8 Å². The van der Waals surface area contributed by atoms with Crippen LogP contribution in [0.15, 0.2) is 59.8 Å². The normalized spacial score (nSPS) is 11.6. The van der Waals surface area contributed by atoms with Gasteiger partial charge in [-0.15, -0.1) is 36.6 Å². The van der Waals surface area contributed by atoms with Crippen LogP contribution < -0.4 is 5.73 Å². The molecule has 0 aliphatic heterocycles. The first kappa shape index (κ1) is 26.3. The number of fused-ring (bicyclic) bond motifs is 1. The number of imidazole rings is 1. The van der Waals surface area contributed by atoms with E-state index < -0.39 is 0 Å². The maximum Gasteiger partial charge on any atom is 0.253 e. The van der Waals surface area contributed by atoms with Gasteiger partial charge in [-0.25, -0.2) is 4.98 Å². The molecule has 0 radical (unpaired) electrons. The number of hydrogen-bond donors (Lipinski definition) is 1. The molecule has 3 aromatic rings. The van der Waals surface area contributed by atoms with E-state index >= 15 is 0 Å². The van der Waals surface area contributed by atoms with E-state index in [1.807, 2.05) is 60.1 Å². The Morgan fingerprint density at radius 1 is 1.17 bits per heavy atom. The highest BCUT2D eigenvalue weighted by molar-refractivity contribution is 7.98. The standard InChI is InChI=1S/C22H28N4OS.2ClH/c1-16(2)20(23)11-13-25(3)22(27)17-7-9-19(10-8-17)28-15-18-14-26-12-5-4-6-21(26)24-18;;/h4-10,12,14,16,20H,11,13,15,23H2,1-3H3;2*1H. The Bertz CT molecular complexity index is 897. The van der Waals surface area contributed by atoms with Crippen molar-refractivity contribution in [2.75, 3.05) is 13.6 Å². The molecule has 30 heavy (non-hydrogen) atoms. The van der Waals surface area contributed by atoms with Gasteiger partial charge in [0.15, 0.2) is 0 Å². The molecule has 2 N–H and O–H groups in total. The van der Waals surface area contributed by atoms with E-state index in [9.17, 15) is 4.79 Å². The lowest BCUT2D eigenvalue weighted by atomic mass is 10.0. The van der Waals surface area contributed by atoms with E-state index in [1.165, 1.54) is 0 Å². The van der Waals surface area contributed by atoms with Crippen LogP contribution in [0.4, 0.5) is 0 Å². The van der Waals surface area contributed by atoms with Crippen LogP contribution in [0.3, 0.4) is 0 Å². The molecule has 0 aliphatic carbocycles. The molecule has 0 spiro atoms. The quantitative estimate of drug-likeness (QED) is 0.476. The van der Waals surface area contributed by atoms with Crippen molar-refractivity contribution in [2.24, 2.45) is 11.7 Å². The molecule has 0 aliphatic rings. The lowest BCUT2D eigenvalue weighted by Gasteiger charge is -2.21. The number of rotatable bonds is 8. The van der Waals surface area contributed by atoms with Gasteiger partial charge in [0.1, 0.15) is 5.65 Å². The Morgan fingerprint density at radius 2 is 1.87 bits per heavy atom. The molecular formula is C22H30Cl2N4OS. The van der Waals surface area contributed by atoms with E-state index in [-0.39, 0.29) is 36.8 Å². The van der Waals surface area contributed by atoms with Gasteiger partial charge >= 0.3 is 0 Å². The van der Waals surface area contributed by atoms with Crippen LogP contribution in [0.5, 0.6) is 0 Å². The number of aromatic nitrogens is 2. The Morgan fingerprint density at radius 3 is 2.50 bits per heavy atom. The minimum absolute atomic E-state index is 0. The molecule has 0 saturated carbocycles. The van der Waals surface area contributed by atoms with Crippen LogP contribution in [-0.2, 0) is 5.75 Å². The van der Waals surface area contributed by atoms with Crippen LogP contribution in [0.25, 0.3) is 5.65 Å². The van der Waals surface area contributed by atoms with Crippen molar-refractivity contribution in [3.8, 4) is 0 Å². The zero-order valence-electron chi connectivity index (χ0n) is 17.5. The minimum atomic E-state index is 0. The SMILES string of the molecule is CC(C)C(N)CCN(C)C(=O)c1ccc(SCc2cn3ccccc3n2)cc1.Cl.Cl. The van der Waals surface area contributed by atoms with Gasteiger partial charge in [-0.05, 0) is 48.7 Å². The Balaban J connectivity index is 0.00000225. The predicted octanol–water partition coefficient (Wildman–Crippen LogP) is 4.92. The molecule has 1 aromatic carbocycles. The van der Waals surface area contributed by atoms with E-state index in [1.54, 1.807) is 16.7 Å². The second-order valence-corrected chi connectivity index (χ2v) is 8.48. The topological polar surface area (TPSA) is 63.6 Å². The highest BCUT2D eigenvalue weighted by atomic mass is 35.5. The van der Waals surface area contributed by atoms with Gasteiger partial charge in [-0.2, -0.15) is 0 Å². The zero-order valence-corrected chi connectivity index (χ0v) is 20.0. The minimum Gasteiger partial charge on any atom is -0.342 e. The average Bonchev–Trinajstić information content (AvgIpc) is 3.13. The number of amides is 1. The average molecular weight is 469 g/mol. The molecule has 2 aromatic heterocycles. The molecule has 0 fully saturated rings. The predicted molar refractivity (Wildman–Crippen MR) is 130 cm³/mol. The number of thioether (sulfide) groups is 1. The van der Waals surface area contributed by atoms with Crippen LogP contribution in [0, 0.1) is 5.92 Å². The highest BCUT2D eigenvalue weighted by Gasteiger charge is 2.14. The van der Waals surface area contributed by atoms with Crippen molar-refractivity contribution in [2.45, 2.75) is 37.0 Å². The maximum atomic E-state index is 12.6. The van der Waals surface area contributed by atoms with E-state index in [4.69, 9.17) is 5.73 Å². The molecule has 5 nitrogen and oxygen atoms in total. The molecule has 1 atom stereocenters. The largest absolute Gasteiger partial charge is 0.342 e. The van der Waals surface area contributed by atoms with Crippen LogP contribution in [0.2, 0.25) is 0 Å². The van der Waals surface area contributed by atoms with Crippen molar-refractivity contribution in [1.29, 1.82) is 0 Å². The Hall–Kier alpha value is -1.73. The van der Waals surface area contributed by atoms with Gasteiger partial charge in [0.2, 0.25) is 0 Å². The van der Waals surface area contributed by atoms with Gasteiger partial charge in [-0.1, -0.05) is 19.9 Å². The summed E-state index contributed by atoms with van der Waals surface area (Å²) in [7, 11) is 1.83. The van der Waals surface area contributed by atoms with E-state index in [0.29, 0.717) is 18.0 Å². The zero-order chi connectivity index (χ0) is 20.1. The molecule has 0 saturated heterocycles. The van der Waals surface area contributed by atoms with E-state index in [0.717, 1.165) is 28.4 Å². The summed E-state index contributed by atoms with van der Waals surface area (Å²) < 4.78 is 2.03. The fourth-order valence-electron chi connectivity index (χ4n) is 2.91. The first-order valence-electron chi connectivity index (χ1n) is 9.60. The molecule has 8 heteroatoms. The number of nitrogens with two attached hydrogens (primary N) is 1. The number of carbonyl (C=O) groups is 1. The first-order valence-corrected chi connectivity index (χ1v) is 10.6. The summed E-state index contributed by atoms with van der Waals surface area (Å²) in [4.78, 5) is 20.1. The lowest BCUT2D eigenvalue weighted by Crippen LogP contribution is -2.34. The highest BCUT2D eigenvalue weighted by Crippen LogP contribution is 2.23. The Kier molecular flexibility index (Phi) is 10.7. The van der Waals surface area contributed by atoms with Crippen LogP contribution in [0.1, 0.15) is 36.3 Å². The lowest BCUT2D eigenvalue weighted by molar-refractivity contribution is 0.0789. The molecule has 1 unspecified atom stereocenters. The monoisotopic (exact) mass is 468 g/mol. The summed E-state index contributed by atoms with van der Waals surface area (Å²) in [6.45, 7) is 4.88. The fourth-order valence-corrected chi connectivity index (χ4v) is 3.69. The van der Waals surface area contributed by atoms with Gasteiger partial charge in [0.25, 0.3) is 5.91 Å². The molecule has 164 valence electrons. The molecule has 3 rings (SSSR count). The summed E-state index contributed by atoms with van der Waals surface area (Å²) in [6.07, 6.45) is 4.87. The number of hydrogen-bond acceptors (Lipinski definition) is 4. The van der Waals surface area contributed by atoms with Crippen molar-refractivity contribution in [1.82, 2.24) is 14.3 Å². The molecule has 1 amide bonds. The van der Waals surface area contributed by atoms with Gasteiger partial charge in [0.05, 0.1) is 5.69 Å². The van der Waals surface area contributed by atoms with Crippen molar-refractivity contribution < 1.29 is 4.79 Å². The third-order valence-electron chi connectivity index (χ3n) is 4.90. The summed E-state index contributed by atoms with van der Waals surface area (Å²) in [6, 6.07) is 13.9. The van der Waals surface area contributed by atoms with Gasteiger partial charge in [0, 0.05) is 48.2 Å². The molecule has 2 heterocycles. The number of benzene rings is 1. The second-order valence-electron chi connectivity index (χ2n) is 7.43. The van der Waals surface area contributed by atoms with E-state index in [2.05, 4.69) is 25.0 Å². The summed E-state index contributed by atoms with van der Waals surface area (Å²) in [5, 5.41) is 0. The third kappa shape index (κ3) is 6.91. The second kappa shape index (κ2) is 12.2. The maximum absolute atomic E-state index is 12.6. The number of nitrogens with zero attached hydrogens (tertiary/aromatic N) is 3. The third-order valence-corrected chi connectivity index (χ3v) is 5.95. The van der Waals surface area contributed by atoms with Crippen molar-refractivity contribution in [3.05, 3.63) is 66.1 Å². The first-order chi connectivity index (χ1) is 13.4. The van der Waals surface area contributed by atoms with Crippen LogP contribution >= 0.6 is 36.6 Å². The Labute approximate surface area is 195 Å². The summed E-state index contributed by atoms with van der Waals surface area (Å²) in [5.74, 6) is 1.25. The summed E-state index contributed by atoms with van der Waals surface area (Å²) in [5.41, 5.74) is 8.79. The van der Waals surface area contributed by atoms with Gasteiger partial charge in [-0.3, -0.25) is 4.79 Å².